The van der Waals surface area contributed by atoms with Crippen molar-refractivity contribution in [3.63, 3.8) is 0 Å². The zero-order valence-electron chi connectivity index (χ0n) is 16.6. The summed E-state index contributed by atoms with van der Waals surface area (Å²) in [7, 11) is 0. The van der Waals surface area contributed by atoms with Crippen molar-refractivity contribution in [3.05, 3.63) is 11.6 Å². The normalized spacial score (nSPS) is 27.2. The molecule has 0 bridgehead atoms. The molecule has 2 rings (SSSR count). The van der Waals surface area contributed by atoms with E-state index >= 15 is 0 Å². The molecule has 0 aromatic rings. The van der Waals surface area contributed by atoms with E-state index in [9.17, 15) is 19.5 Å². The molecular formula is C20H31NO6. The molecular weight excluding hydrogens is 350 g/mol. The lowest BCUT2D eigenvalue weighted by molar-refractivity contribution is -0.174. The van der Waals surface area contributed by atoms with Gasteiger partial charge in [-0.3, -0.25) is 9.59 Å². The van der Waals surface area contributed by atoms with Crippen molar-refractivity contribution in [1.29, 1.82) is 0 Å². The van der Waals surface area contributed by atoms with Crippen LogP contribution >= 0.6 is 0 Å². The fourth-order valence-corrected chi connectivity index (χ4v) is 4.21. The van der Waals surface area contributed by atoms with E-state index in [0.29, 0.717) is 5.92 Å². The number of carbonyl (C=O) groups is 3. The van der Waals surface area contributed by atoms with Crippen LogP contribution in [0.3, 0.4) is 0 Å². The first kappa shape index (κ1) is 21.3. The van der Waals surface area contributed by atoms with Gasteiger partial charge in [0.05, 0.1) is 6.42 Å². The Bertz CT molecular complexity index is 614. The number of carbonyl (C=O) groups excluding carboxylic acids is 2. The first-order valence-corrected chi connectivity index (χ1v) is 9.76. The van der Waals surface area contributed by atoms with Crippen molar-refractivity contribution >= 4 is 18.0 Å². The summed E-state index contributed by atoms with van der Waals surface area (Å²) in [6.07, 6.45) is 3.54. The van der Waals surface area contributed by atoms with Crippen LogP contribution in [-0.4, -0.2) is 36.0 Å². The molecule has 0 unspecified atom stereocenters. The van der Waals surface area contributed by atoms with E-state index in [2.05, 4.69) is 18.3 Å². The third kappa shape index (κ3) is 5.02. The Morgan fingerprint density at radius 1 is 1.30 bits per heavy atom. The van der Waals surface area contributed by atoms with E-state index in [1.165, 1.54) is 5.57 Å². The maximum absolute atomic E-state index is 12.2. The van der Waals surface area contributed by atoms with Crippen LogP contribution in [0.4, 0.5) is 4.79 Å². The van der Waals surface area contributed by atoms with Crippen molar-refractivity contribution in [1.82, 2.24) is 5.32 Å². The largest absolute Gasteiger partial charge is 0.481 e. The number of carboxylic acid groups (broad SMARTS) is 1. The minimum absolute atomic E-state index is 0.0143. The third-order valence-electron chi connectivity index (χ3n) is 5.67. The molecule has 7 nitrogen and oxygen atoms in total. The molecule has 0 spiro atoms. The number of ether oxygens (including phenoxy) is 2. The van der Waals surface area contributed by atoms with Crippen LogP contribution in [-0.2, 0) is 19.1 Å². The number of nitrogens with one attached hydrogen (secondary N) is 1. The summed E-state index contributed by atoms with van der Waals surface area (Å²) in [6, 6.07) is 0. The van der Waals surface area contributed by atoms with Gasteiger partial charge in [-0.25, -0.2) is 4.79 Å². The summed E-state index contributed by atoms with van der Waals surface area (Å²) in [5.41, 5.74) is 0.894. The van der Waals surface area contributed by atoms with E-state index in [1.807, 2.05) is 0 Å². The monoisotopic (exact) mass is 381 g/mol. The van der Waals surface area contributed by atoms with Gasteiger partial charge in [-0.1, -0.05) is 39.3 Å². The van der Waals surface area contributed by atoms with Crippen LogP contribution in [0.1, 0.15) is 59.8 Å². The molecule has 1 fully saturated rings. The zero-order chi connectivity index (χ0) is 20.2. The van der Waals surface area contributed by atoms with Gasteiger partial charge >= 0.3 is 18.0 Å². The second kappa shape index (κ2) is 8.76. The van der Waals surface area contributed by atoms with Gasteiger partial charge in [-0.2, -0.15) is 0 Å². The van der Waals surface area contributed by atoms with Crippen LogP contribution in [0.25, 0.3) is 0 Å². The standard InChI is InChI=1S/C20H31NO6/c1-5-13-7-14-9-20(10-16(22)23,15(14)8-13)11-21-19(25)27-18(12(3)4)26-17(24)6-2/h8,12,14-15,18H,5-7,9-11H2,1-4H3,(H,21,25)(H,22,23)/t14-,15+,18+,20+/m0/s1. The topological polar surface area (TPSA) is 102 Å². The molecule has 0 saturated heterocycles. The van der Waals surface area contributed by atoms with Crippen LogP contribution in [0.2, 0.25) is 0 Å². The number of fused-ring (bicyclic) bond motifs is 1. The van der Waals surface area contributed by atoms with Gasteiger partial charge in [0.25, 0.3) is 6.29 Å². The molecule has 0 aromatic carbocycles. The Balaban J connectivity index is 1.97. The first-order chi connectivity index (χ1) is 12.7. The maximum atomic E-state index is 12.2. The fourth-order valence-electron chi connectivity index (χ4n) is 4.21. The SMILES string of the molecule is CCC(=O)O[C@H](OC(=O)NC[C@]1(CC(=O)O)C[C@@H]2CC(CC)=C[C@H]21)C(C)C. The molecule has 2 aliphatic rings. The summed E-state index contributed by atoms with van der Waals surface area (Å²) in [6.45, 7) is 7.59. The molecule has 152 valence electrons. The highest BCUT2D eigenvalue weighted by atomic mass is 16.7. The molecule has 4 atom stereocenters. The minimum Gasteiger partial charge on any atom is -0.481 e. The number of esters is 1. The number of alkyl carbamates (subject to hydrolysis) is 1. The van der Waals surface area contributed by atoms with Crippen molar-refractivity contribution in [2.75, 3.05) is 6.54 Å². The van der Waals surface area contributed by atoms with E-state index in [0.717, 1.165) is 19.3 Å². The molecule has 0 aromatic heterocycles. The highest BCUT2D eigenvalue weighted by molar-refractivity contribution is 5.71. The molecule has 1 saturated carbocycles. The van der Waals surface area contributed by atoms with Gasteiger partial charge < -0.3 is 19.9 Å². The quantitative estimate of drug-likeness (QED) is 0.360. The molecule has 2 aliphatic carbocycles. The van der Waals surface area contributed by atoms with E-state index < -0.39 is 29.7 Å². The smallest absolute Gasteiger partial charge is 0.410 e. The molecule has 2 N–H and O–H groups in total. The second-order valence-electron chi connectivity index (χ2n) is 8.02. The molecule has 0 heterocycles. The first-order valence-electron chi connectivity index (χ1n) is 9.76. The summed E-state index contributed by atoms with van der Waals surface area (Å²) in [5.74, 6) is -0.821. The zero-order valence-corrected chi connectivity index (χ0v) is 16.6. The van der Waals surface area contributed by atoms with Crippen LogP contribution in [0, 0.1) is 23.2 Å². The van der Waals surface area contributed by atoms with Gasteiger partial charge in [0.15, 0.2) is 0 Å². The second-order valence-corrected chi connectivity index (χ2v) is 8.02. The number of aliphatic carboxylic acids is 1. The Morgan fingerprint density at radius 2 is 2.00 bits per heavy atom. The van der Waals surface area contributed by atoms with Gasteiger partial charge in [0.2, 0.25) is 0 Å². The van der Waals surface area contributed by atoms with Gasteiger partial charge in [-0.05, 0) is 31.1 Å². The van der Waals surface area contributed by atoms with Crippen molar-refractivity contribution < 1.29 is 29.0 Å². The lowest BCUT2D eigenvalue weighted by atomic mass is 9.53. The number of allylic oxidation sites excluding steroid dienone is 2. The Kier molecular flexibility index (Phi) is 6.89. The Hall–Kier alpha value is -2.05. The molecule has 27 heavy (non-hydrogen) atoms. The van der Waals surface area contributed by atoms with Crippen LogP contribution in [0.5, 0.6) is 0 Å². The average Bonchev–Trinajstić information content (AvgIpc) is 2.95. The predicted octanol–water partition coefficient (Wildman–Crippen LogP) is 3.49. The summed E-state index contributed by atoms with van der Waals surface area (Å²) in [4.78, 5) is 35.1. The van der Waals surface area contributed by atoms with Crippen LogP contribution in [0.15, 0.2) is 11.6 Å². The predicted molar refractivity (Wildman–Crippen MR) is 98.8 cm³/mol. The third-order valence-corrected chi connectivity index (χ3v) is 5.67. The van der Waals surface area contributed by atoms with E-state index in [4.69, 9.17) is 9.47 Å². The van der Waals surface area contributed by atoms with Gasteiger partial charge in [-0.15, -0.1) is 0 Å². The molecule has 1 amide bonds. The van der Waals surface area contributed by atoms with Crippen molar-refractivity contribution in [2.45, 2.75) is 66.1 Å². The molecule has 0 radical (unpaired) electrons. The van der Waals surface area contributed by atoms with E-state index in [1.54, 1.807) is 20.8 Å². The van der Waals surface area contributed by atoms with Gasteiger partial charge in [0.1, 0.15) is 0 Å². The highest BCUT2D eigenvalue weighted by Crippen LogP contribution is 2.59. The maximum Gasteiger partial charge on any atom is 0.410 e. The van der Waals surface area contributed by atoms with Crippen molar-refractivity contribution in [2.24, 2.45) is 23.2 Å². The minimum atomic E-state index is -0.958. The lowest BCUT2D eigenvalue weighted by Crippen LogP contribution is -2.53. The number of amides is 1. The number of hydrogen-bond acceptors (Lipinski definition) is 5. The summed E-state index contributed by atoms with van der Waals surface area (Å²) >= 11 is 0. The fraction of sp³-hybridized carbons (Fsp3) is 0.750. The lowest BCUT2D eigenvalue weighted by Gasteiger charge is -2.51. The number of carboxylic acids is 1. The van der Waals surface area contributed by atoms with E-state index in [-0.39, 0.29) is 31.2 Å². The average molecular weight is 381 g/mol. The summed E-state index contributed by atoms with van der Waals surface area (Å²) in [5, 5.41) is 12.1. The van der Waals surface area contributed by atoms with Gasteiger partial charge in [0, 0.05) is 24.3 Å². The highest BCUT2D eigenvalue weighted by Gasteiger charge is 2.55. The Labute approximate surface area is 160 Å². The molecule has 7 heteroatoms. The number of rotatable bonds is 9. The Morgan fingerprint density at radius 3 is 2.56 bits per heavy atom. The summed E-state index contributed by atoms with van der Waals surface area (Å²) < 4.78 is 10.4. The van der Waals surface area contributed by atoms with Crippen molar-refractivity contribution in [3.8, 4) is 0 Å². The molecule has 0 aliphatic heterocycles. The number of hydrogen-bond donors (Lipinski definition) is 2. The van der Waals surface area contributed by atoms with Crippen LogP contribution < -0.4 is 5.32 Å².